The third-order valence-electron chi connectivity index (χ3n) is 2.45. The van der Waals surface area contributed by atoms with Gasteiger partial charge in [-0.1, -0.05) is 6.92 Å². The fraction of sp³-hybridized carbons (Fsp3) is 0.500. The normalized spacial score (nSPS) is 13.9. The van der Waals surface area contributed by atoms with E-state index in [0.717, 1.165) is 5.69 Å². The molecular formula is C10H14N4O. The average Bonchev–Trinajstić information content (AvgIpc) is 2.77. The summed E-state index contributed by atoms with van der Waals surface area (Å²) in [6, 6.07) is 2.02. The van der Waals surface area contributed by atoms with Crippen LogP contribution in [0.1, 0.15) is 26.0 Å². The molecule has 80 valence electrons. The molecule has 0 aromatic carbocycles. The van der Waals surface area contributed by atoms with Crippen LogP contribution in [-0.2, 0) is 11.3 Å². The van der Waals surface area contributed by atoms with Gasteiger partial charge in [0.05, 0.1) is 24.6 Å². The minimum atomic E-state index is -0.944. The molecule has 0 radical (unpaired) electrons. The first-order valence-corrected chi connectivity index (χ1v) is 4.79. The van der Waals surface area contributed by atoms with E-state index in [9.17, 15) is 4.79 Å². The summed E-state index contributed by atoms with van der Waals surface area (Å²) in [6.07, 6.45) is 3.68. The summed E-state index contributed by atoms with van der Waals surface area (Å²) < 4.78 is 0. The lowest BCUT2D eigenvalue weighted by atomic mass is 9.88. The second-order valence-corrected chi connectivity index (χ2v) is 3.56. The Kier molecular flexibility index (Phi) is 3.45. The van der Waals surface area contributed by atoms with Gasteiger partial charge in [-0.15, -0.1) is 0 Å². The number of carbonyl (C=O) groups is 1. The van der Waals surface area contributed by atoms with Crippen molar-refractivity contribution in [2.45, 2.75) is 26.8 Å². The Morgan fingerprint density at radius 1 is 1.80 bits per heavy atom. The lowest BCUT2D eigenvalue weighted by Gasteiger charge is -2.17. The summed E-state index contributed by atoms with van der Waals surface area (Å²) in [5.74, 6) is -0.248. The number of hydrogen-bond acceptors (Lipinski definition) is 3. The van der Waals surface area contributed by atoms with Gasteiger partial charge in [0.15, 0.2) is 0 Å². The quantitative estimate of drug-likeness (QED) is 0.770. The number of amides is 1. The van der Waals surface area contributed by atoms with Crippen LogP contribution in [0.5, 0.6) is 0 Å². The first-order chi connectivity index (χ1) is 7.12. The molecule has 0 saturated carbocycles. The Morgan fingerprint density at radius 2 is 2.53 bits per heavy atom. The van der Waals surface area contributed by atoms with Crippen LogP contribution in [-0.4, -0.2) is 15.9 Å². The van der Waals surface area contributed by atoms with E-state index in [1.807, 2.05) is 13.0 Å². The van der Waals surface area contributed by atoms with Crippen LogP contribution in [0.3, 0.4) is 0 Å². The molecule has 2 N–H and O–H groups in total. The van der Waals surface area contributed by atoms with Gasteiger partial charge in [-0.25, -0.2) is 4.98 Å². The molecule has 0 aliphatic carbocycles. The van der Waals surface area contributed by atoms with E-state index in [1.165, 1.54) is 0 Å². The fourth-order valence-electron chi connectivity index (χ4n) is 1.04. The highest BCUT2D eigenvalue weighted by Crippen LogP contribution is 2.19. The molecule has 0 saturated heterocycles. The van der Waals surface area contributed by atoms with E-state index in [1.54, 1.807) is 19.4 Å². The molecular weight excluding hydrogens is 192 g/mol. The molecule has 5 heteroatoms. The van der Waals surface area contributed by atoms with Crippen LogP contribution in [0.25, 0.3) is 0 Å². The molecule has 1 rings (SSSR count). The Morgan fingerprint density at radius 3 is 3.00 bits per heavy atom. The molecule has 0 aliphatic rings. The molecule has 1 aromatic rings. The van der Waals surface area contributed by atoms with E-state index >= 15 is 0 Å². The minimum Gasteiger partial charge on any atom is -0.349 e. The van der Waals surface area contributed by atoms with Gasteiger partial charge in [-0.2, -0.15) is 5.26 Å². The van der Waals surface area contributed by atoms with Crippen LogP contribution in [0.2, 0.25) is 0 Å². The Bertz CT molecular complexity index is 365. The zero-order chi connectivity index (χ0) is 11.3. The van der Waals surface area contributed by atoms with E-state index in [2.05, 4.69) is 15.3 Å². The molecule has 1 atom stereocenters. The number of nitrogens with zero attached hydrogens (tertiary/aromatic N) is 2. The first kappa shape index (κ1) is 11.2. The molecule has 0 aliphatic heterocycles. The monoisotopic (exact) mass is 206 g/mol. The van der Waals surface area contributed by atoms with E-state index < -0.39 is 5.41 Å². The Labute approximate surface area is 88.5 Å². The molecule has 0 bridgehead atoms. The van der Waals surface area contributed by atoms with Crippen molar-refractivity contribution in [1.29, 1.82) is 5.26 Å². The maximum atomic E-state index is 11.7. The number of aromatic nitrogens is 2. The minimum absolute atomic E-state index is 0.248. The lowest BCUT2D eigenvalue weighted by molar-refractivity contribution is -0.127. The van der Waals surface area contributed by atoms with Gasteiger partial charge < -0.3 is 10.3 Å². The Hall–Kier alpha value is -1.83. The number of imidazole rings is 1. The number of carbonyl (C=O) groups excluding carboxylic acids is 1. The van der Waals surface area contributed by atoms with E-state index in [0.29, 0.717) is 13.0 Å². The molecule has 5 nitrogen and oxygen atoms in total. The largest absolute Gasteiger partial charge is 0.349 e. The molecule has 1 amide bonds. The van der Waals surface area contributed by atoms with Crippen molar-refractivity contribution in [1.82, 2.24) is 15.3 Å². The second kappa shape index (κ2) is 4.60. The first-order valence-electron chi connectivity index (χ1n) is 4.79. The number of aromatic amines is 1. The highest BCUT2D eigenvalue weighted by atomic mass is 16.2. The average molecular weight is 206 g/mol. The maximum absolute atomic E-state index is 11.7. The number of H-pyrrole nitrogens is 1. The predicted octanol–water partition coefficient (Wildman–Crippen LogP) is 0.966. The van der Waals surface area contributed by atoms with Gasteiger partial charge in [0, 0.05) is 6.20 Å². The predicted molar refractivity (Wildman–Crippen MR) is 54.4 cm³/mol. The van der Waals surface area contributed by atoms with Crippen molar-refractivity contribution < 1.29 is 4.79 Å². The van der Waals surface area contributed by atoms with Crippen molar-refractivity contribution in [3.63, 3.8) is 0 Å². The van der Waals surface area contributed by atoms with Crippen LogP contribution in [0.4, 0.5) is 0 Å². The van der Waals surface area contributed by atoms with Crippen LogP contribution in [0, 0.1) is 16.7 Å². The molecule has 0 spiro atoms. The number of nitriles is 1. The lowest BCUT2D eigenvalue weighted by Crippen LogP contribution is -2.37. The number of nitrogens with one attached hydrogen (secondary N) is 2. The number of rotatable bonds is 4. The molecule has 15 heavy (non-hydrogen) atoms. The fourth-order valence-corrected chi connectivity index (χ4v) is 1.04. The summed E-state index contributed by atoms with van der Waals surface area (Å²) in [5.41, 5.74) is -0.125. The van der Waals surface area contributed by atoms with Crippen molar-refractivity contribution in [2.75, 3.05) is 0 Å². The van der Waals surface area contributed by atoms with Crippen LogP contribution < -0.4 is 5.32 Å². The van der Waals surface area contributed by atoms with E-state index in [4.69, 9.17) is 5.26 Å². The molecule has 1 aromatic heterocycles. The number of hydrogen-bond donors (Lipinski definition) is 2. The second-order valence-electron chi connectivity index (χ2n) is 3.56. The van der Waals surface area contributed by atoms with Crippen molar-refractivity contribution in [3.05, 3.63) is 18.2 Å². The van der Waals surface area contributed by atoms with Crippen molar-refractivity contribution in [2.24, 2.45) is 5.41 Å². The smallest absolute Gasteiger partial charge is 0.240 e. The maximum Gasteiger partial charge on any atom is 0.240 e. The third kappa shape index (κ3) is 2.56. The zero-order valence-electron chi connectivity index (χ0n) is 8.87. The van der Waals surface area contributed by atoms with Crippen LogP contribution >= 0.6 is 0 Å². The van der Waals surface area contributed by atoms with Gasteiger partial charge in [0.1, 0.15) is 5.41 Å². The molecule has 1 heterocycles. The zero-order valence-corrected chi connectivity index (χ0v) is 8.87. The summed E-state index contributed by atoms with van der Waals surface area (Å²) >= 11 is 0. The van der Waals surface area contributed by atoms with E-state index in [-0.39, 0.29) is 5.91 Å². The molecule has 1 unspecified atom stereocenters. The Balaban J connectivity index is 2.53. The third-order valence-corrected chi connectivity index (χ3v) is 2.45. The summed E-state index contributed by atoms with van der Waals surface area (Å²) in [6.45, 7) is 3.82. The van der Waals surface area contributed by atoms with Gasteiger partial charge in [-0.05, 0) is 13.3 Å². The van der Waals surface area contributed by atoms with Gasteiger partial charge >= 0.3 is 0 Å². The van der Waals surface area contributed by atoms with Crippen LogP contribution in [0.15, 0.2) is 12.5 Å². The molecule has 0 fully saturated rings. The van der Waals surface area contributed by atoms with Crippen molar-refractivity contribution in [3.8, 4) is 6.07 Å². The standard InChI is InChI=1S/C10H14N4O/c1-3-10(2,6-11)9(15)13-5-8-4-12-7-14-8/h4,7H,3,5H2,1-2H3,(H,12,14)(H,13,15). The van der Waals surface area contributed by atoms with Crippen molar-refractivity contribution >= 4 is 5.91 Å². The summed E-state index contributed by atoms with van der Waals surface area (Å²) in [5, 5.41) is 11.6. The topological polar surface area (TPSA) is 81.6 Å². The SMILES string of the molecule is CCC(C)(C#N)C(=O)NCc1cnc[nH]1. The summed E-state index contributed by atoms with van der Waals surface area (Å²) in [4.78, 5) is 18.4. The highest BCUT2D eigenvalue weighted by Gasteiger charge is 2.30. The van der Waals surface area contributed by atoms with Gasteiger partial charge in [-0.3, -0.25) is 4.79 Å². The van der Waals surface area contributed by atoms with Gasteiger partial charge in [0.2, 0.25) is 5.91 Å². The highest BCUT2D eigenvalue weighted by molar-refractivity contribution is 5.84. The summed E-state index contributed by atoms with van der Waals surface area (Å²) in [7, 11) is 0. The van der Waals surface area contributed by atoms with Gasteiger partial charge in [0.25, 0.3) is 0 Å².